The summed E-state index contributed by atoms with van der Waals surface area (Å²) >= 11 is 3.18. The molecule has 102 valence electrons. The first-order valence-electron chi connectivity index (χ1n) is 5.80. The fraction of sp³-hybridized carbons (Fsp3) is 0.0714. The Morgan fingerprint density at radius 1 is 1.20 bits per heavy atom. The predicted octanol–water partition coefficient (Wildman–Crippen LogP) is 3.10. The van der Waals surface area contributed by atoms with Crippen molar-refractivity contribution in [3.05, 3.63) is 68.4 Å². The Labute approximate surface area is 121 Å². The van der Waals surface area contributed by atoms with Crippen LogP contribution in [0.1, 0.15) is 17.2 Å². The third-order valence-electron chi connectivity index (χ3n) is 2.96. The Hall–Kier alpha value is -1.92. The number of halogens is 2. The zero-order valence-electron chi connectivity index (χ0n) is 10.1. The van der Waals surface area contributed by atoms with E-state index >= 15 is 0 Å². The van der Waals surface area contributed by atoms with E-state index in [2.05, 4.69) is 20.9 Å². The predicted molar refractivity (Wildman–Crippen MR) is 75.0 cm³/mol. The molecule has 0 bridgehead atoms. The first-order chi connectivity index (χ1) is 9.52. The second-order valence-electron chi connectivity index (χ2n) is 4.38. The summed E-state index contributed by atoms with van der Waals surface area (Å²) in [7, 11) is 0. The first-order valence-corrected chi connectivity index (χ1v) is 6.59. The quantitative estimate of drug-likeness (QED) is 0.755. The van der Waals surface area contributed by atoms with Crippen LogP contribution in [0, 0.1) is 5.82 Å². The van der Waals surface area contributed by atoms with Crippen LogP contribution in [0.2, 0.25) is 0 Å². The number of aliphatic hydroxyl groups is 1. The average Bonchev–Trinajstić information content (AvgIpc) is 2.75. The highest BCUT2D eigenvalue weighted by Gasteiger charge is 2.14. The molecule has 0 fully saturated rings. The molecule has 0 saturated heterocycles. The highest BCUT2D eigenvalue weighted by Crippen LogP contribution is 2.27. The van der Waals surface area contributed by atoms with E-state index in [4.69, 9.17) is 4.42 Å². The molecule has 3 rings (SSSR count). The molecule has 2 N–H and O–H groups in total. The Morgan fingerprint density at radius 3 is 2.75 bits per heavy atom. The van der Waals surface area contributed by atoms with Gasteiger partial charge in [-0.05, 0) is 41.5 Å². The monoisotopic (exact) mass is 337 g/mol. The van der Waals surface area contributed by atoms with Crippen LogP contribution >= 0.6 is 15.9 Å². The van der Waals surface area contributed by atoms with E-state index in [0.717, 1.165) is 0 Å². The maximum Gasteiger partial charge on any atom is 0.417 e. The third kappa shape index (κ3) is 2.39. The molecule has 2 aromatic carbocycles. The Balaban J connectivity index is 2.06. The number of hydrogen-bond acceptors (Lipinski definition) is 3. The Kier molecular flexibility index (Phi) is 3.19. The maximum atomic E-state index is 13.4. The molecule has 1 aromatic heterocycles. The molecule has 0 radical (unpaired) electrons. The minimum absolute atomic E-state index is 0.349. The second-order valence-corrected chi connectivity index (χ2v) is 5.29. The van der Waals surface area contributed by atoms with E-state index in [1.807, 2.05) is 0 Å². The van der Waals surface area contributed by atoms with Crippen molar-refractivity contribution in [3.63, 3.8) is 0 Å². The minimum Gasteiger partial charge on any atom is -0.408 e. The highest BCUT2D eigenvalue weighted by molar-refractivity contribution is 9.10. The molecule has 0 aliphatic heterocycles. The minimum atomic E-state index is -1.01. The molecule has 1 unspecified atom stereocenters. The van der Waals surface area contributed by atoms with Crippen molar-refractivity contribution in [1.82, 2.24) is 4.98 Å². The van der Waals surface area contributed by atoms with Crippen LogP contribution in [0.15, 0.2) is 50.1 Å². The maximum absolute atomic E-state index is 13.4. The number of aromatic amines is 1. The topological polar surface area (TPSA) is 66.2 Å². The van der Waals surface area contributed by atoms with E-state index < -0.39 is 17.7 Å². The second kappa shape index (κ2) is 4.88. The Bertz CT molecular complexity index is 820. The molecule has 0 amide bonds. The SMILES string of the molecule is O=c1[nH]c2ccc(C(O)c3cc(F)cc(Br)c3)cc2o1. The number of rotatable bonds is 2. The van der Waals surface area contributed by atoms with E-state index in [1.54, 1.807) is 24.3 Å². The summed E-state index contributed by atoms with van der Waals surface area (Å²) in [6.45, 7) is 0. The number of fused-ring (bicyclic) bond motifs is 1. The third-order valence-corrected chi connectivity index (χ3v) is 3.42. The summed E-state index contributed by atoms with van der Waals surface area (Å²) in [4.78, 5) is 13.6. The van der Waals surface area contributed by atoms with Crippen molar-refractivity contribution in [3.8, 4) is 0 Å². The summed E-state index contributed by atoms with van der Waals surface area (Å²) in [5.74, 6) is -0.997. The van der Waals surface area contributed by atoms with Crippen molar-refractivity contribution in [2.45, 2.75) is 6.10 Å². The normalized spacial score (nSPS) is 12.8. The van der Waals surface area contributed by atoms with E-state index in [-0.39, 0.29) is 0 Å². The van der Waals surface area contributed by atoms with Gasteiger partial charge in [0.25, 0.3) is 0 Å². The lowest BCUT2D eigenvalue weighted by atomic mass is 10.0. The van der Waals surface area contributed by atoms with Gasteiger partial charge in [-0.25, -0.2) is 9.18 Å². The number of nitrogens with one attached hydrogen (secondary N) is 1. The molecular formula is C14H9BrFNO3. The summed E-state index contributed by atoms with van der Waals surface area (Å²) < 4.78 is 18.8. The average molecular weight is 338 g/mol. The van der Waals surface area contributed by atoms with Gasteiger partial charge in [0.1, 0.15) is 11.9 Å². The summed E-state index contributed by atoms with van der Waals surface area (Å²) in [5.41, 5.74) is 1.82. The van der Waals surface area contributed by atoms with Crippen LogP contribution in [0.25, 0.3) is 11.1 Å². The van der Waals surface area contributed by atoms with Gasteiger partial charge in [0, 0.05) is 4.47 Å². The number of hydrogen-bond donors (Lipinski definition) is 2. The number of aliphatic hydroxyl groups excluding tert-OH is 1. The van der Waals surface area contributed by atoms with Crippen LogP contribution in [0.4, 0.5) is 4.39 Å². The van der Waals surface area contributed by atoms with Gasteiger partial charge >= 0.3 is 5.76 Å². The lowest BCUT2D eigenvalue weighted by Crippen LogP contribution is -2.00. The van der Waals surface area contributed by atoms with Gasteiger partial charge in [-0.1, -0.05) is 22.0 Å². The number of oxazole rings is 1. The fourth-order valence-corrected chi connectivity index (χ4v) is 2.54. The van der Waals surface area contributed by atoms with Crippen molar-refractivity contribution in [2.75, 3.05) is 0 Å². The lowest BCUT2D eigenvalue weighted by molar-refractivity contribution is 0.219. The number of aromatic nitrogens is 1. The van der Waals surface area contributed by atoms with Crippen molar-refractivity contribution in [2.24, 2.45) is 0 Å². The molecule has 1 atom stereocenters. The molecule has 6 heteroatoms. The van der Waals surface area contributed by atoms with Crippen molar-refractivity contribution in [1.29, 1.82) is 0 Å². The fourth-order valence-electron chi connectivity index (χ4n) is 2.06. The summed E-state index contributed by atoms with van der Waals surface area (Å²) in [5, 5.41) is 10.3. The van der Waals surface area contributed by atoms with Crippen molar-refractivity contribution < 1.29 is 13.9 Å². The molecule has 1 heterocycles. The molecule has 0 spiro atoms. The van der Waals surface area contributed by atoms with Gasteiger partial charge < -0.3 is 9.52 Å². The van der Waals surface area contributed by atoms with Crippen LogP contribution < -0.4 is 5.76 Å². The summed E-state index contributed by atoms with van der Waals surface area (Å²) in [6, 6.07) is 9.03. The highest BCUT2D eigenvalue weighted by atomic mass is 79.9. The Morgan fingerprint density at radius 2 is 2.00 bits per heavy atom. The lowest BCUT2D eigenvalue weighted by Gasteiger charge is -2.12. The molecule has 4 nitrogen and oxygen atoms in total. The van der Waals surface area contributed by atoms with Gasteiger partial charge in [-0.2, -0.15) is 0 Å². The van der Waals surface area contributed by atoms with E-state index in [0.29, 0.717) is 26.7 Å². The van der Waals surface area contributed by atoms with Gasteiger partial charge in [0.05, 0.1) is 5.52 Å². The zero-order valence-corrected chi connectivity index (χ0v) is 11.6. The van der Waals surface area contributed by atoms with Crippen LogP contribution in [-0.2, 0) is 0 Å². The molecular weight excluding hydrogens is 329 g/mol. The molecule has 0 aliphatic carbocycles. The number of H-pyrrole nitrogens is 1. The van der Waals surface area contributed by atoms with Gasteiger partial charge in [0.2, 0.25) is 0 Å². The van der Waals surface area contributed by atoms with Crippen LogP contribution in [-0.4, -0.2) is 10.1 Å². The molecule has 0 saturated carbocycles. The standard InChI is InChI=1S/C14H9BrFNO3/c15-9-3-8(4-10(16)6-9)13(18)7-1-2-11-12(5-7)20-14(19)17-11/h1-6,13,18H,(H,17,19). The molecule has 3 aromatic rings. The number of benzene rings is 2. The first kappa shape index (κ1) is 13.1. The van der Waals surface area contributed by atoms with Crippen LogP contribution in [0.5, 0.6) is 0 Å². The molecule has 20 heavy (non-hydrogen) atoms. The van der Waals surface area contributed by atoms with E-state index in [1.165, 1.54) is 12.1 Å². The largest absolute Gasteiger partial charge is 0.417 e. The van der Waals surface area contributed by atoms with Crippen LogP contribution in [0.3, 0.4) is 0 Å². The van der Waals surface area contributed by atoms with Gasteiger partial charge in [-0.3, -0.25) is 4.98 Å². The summed E-state index contributed by atoms with van der Waals surface area (Å²) in [6.07, 6.45) is -1.01. The van der Waals surface area contributed by atoms with Crippen molar-refractivity contribution >= 4 is 27.0 Å². The van der Waals surface area contributed by atoms with Gasteiger partial charge in [-0.15, -0.1) is 0 Å². The van der Waals surface area contributed by atoms with Gasteiger partial charge in [0.15, 0.2) is 5.58 Å². The smallest absolute Gasteiger partial charge is 0.408 e. The van der Waals surface area contributed by atoms with E-state index in [9.17, 15) is 14.3 Å². The zero-order chi connectivity index (χ0) is 14.3. The molecule has 0 aliphatic rings.